The second-order valence-corrected chi connectivity index (χ2v) is 6.85. The molecule has 0 radical (unpaired) electrons. The Balaban J connectivity index is 0.00000242. The van der Waals surface area contributed by atoms with Crippen LogP contribution < -0.4 is 16.4 Å². The van der Waals surface area contributed by atoms with Crippen molar-refractivity contribution < 1.29 is 9.59 Å². The number of halogens is 1. The maximum Gasteiger partial charge on any atom is 0.245 e. The zero-order chi connectivity index (χ0) is 15.4. The lowest BCUT2D eigenvalue weighted by molar-refractivity contribution is -0.123. The third-order valence-corrected chi connectivity index (χ3v) is 4.54. The van der Waals surface area contributed by atoms with E-state index in [-0.39, 0.29) is 37.3 Å². The van der Waals surface area contributed by atoms with Crippen LogP contribution >= 0.6 is 35.1 Å². The maximum absolute atomic E-state index is 11.7. The average molecular weight is 361 g/mol. The molecule has 0 spiro atoms. The first-order valence-corrected chi connectivity index (χ1v) is 7.93. The lowest BCUT2D eigenvalue weighted by Crippen LogP contribution is -2.36. The summed E-state index contributed by atoms with van der Waals surface area (Å²) in [5.74, 6) is -0.685. The Morgan fingerprint density at radius 3 is 2.55 bits per heavy atom. The van der Waals surface area contributed by atoms with Crippen molar-refractivity contribution in [3.8, 4) is 10.6 Å². The number of aromatic nitrogens is 1. The molecule has 0 bridgehead atoms. The quantitative estimate of drug-likeness (QED) is 0.758. The first-order chi connectivity index (χ1) is 9.99. The smallest absolute Gasteiger partial charge is 0.245 e. The van der Waals surface area contributed by atoms with Crippen LogP contribution in [0.3, 0.4) is 0 Å². The molecule has 0 aliphatic rings. The lowest BCUT2D eigenvalue weighted by atomic mass is 10.3. The fraction of sp³-hybridized carbons (Fsp3) is 0.308. The van der Waals surface area contributed by atoms with E-state index in [9.17, 15) is 9.59 Å². The number of nitrogens with one attached hydrogen (secondary N) is 2. The molecule has 0 aliphatic carbocycles. The summed E-state index contributed by atoms with van der Waals surface area (Å²) in [5, 5.41) is 5.62. The van der Waals surface area contributed by atoms with Gasteiger partial charge in [-0.1, -0.05) is 0 Å². The Hall–Kier alpha value is -1.48. The van der Waals surface area contributed by atoms with Gasteiger partial charge in [0.15, 0.2) is 5.13 Å². The predicted molar refractivity (Wildman–Crippen MR) is 92.8 cm³/mol. The highest BCUT2D eigenvalue weighted by Gasteiger charge is 2.13. The molecule has 0 unspecified atom stereocenters. The summed E-state index contributed by atoms with van der Waals surface area (Å²) in [6.45, 7) is 3.76. The van der Waals surface area contributed by atoms with E-state index in [4.69, 9.17) is 5.73 Å². The number of anilines is 1. The minimum atomic E-state index is -0.366. The monoisotopic (exact) mass is 360 g/mol. The topological polar surface area (TPSA) is 97.1 Å². The van der Waals surface area contributed by atoms with Crippen molar-refractivity contribution in [1.29, 1.82) is 0 Å². The van der Waals surface area contributed by atoms with E-state index in [0.717, 1.165) is 15.4 Å². The van der Waals surface area contributed by atoms with Gasteiger partial charge in [0, 0.05) is 9.75 Å². The Labute approximate surface area is 142 Å². The van der Waals surface area contributed by atoms with E-state index in [2.05, 4.69) is 15.6 Å². The molecule has 2 amide bonds. The molecule has 2 aromatic rings. The standard InChI is InChI=1S/C13H16N4O2S2.ClH/c1-7-3-4-9(20-7)12-8(2)21-13(17-12)16-11(19)6-15-10(18)5-14;/h3-4H,5-6,14H2,1-2H3,(H,15,18)(H,16,17,19);1H. The number of thiazole rings is 1. The summed E-state index contributed by atoms with van der Waals surface area (Å²) in [6, 6.07) is 4.06. The summed E-state index contributed by atoms with van der Waals surface area (Å²) in [7, 11) is 0. The molecule has 9 heteroatoms. The molecule has 2 aromatic heterocycles. The van der Waals surface area contributed by atoms with Crippen molar-refractivity contribution in [3.05, 3.63) is 21.9 Å². The zero-order valence-corrected chi connectivity index (χ0v) is 14.6. The fourth-order valence-electron chi connectivity index (χ4n) is 1.65. The largest absolute Gasteiger partial charge is 0.346 e. The van der Waals surface area contributed by atoms with Gasteiger partial charge in [-0.25, -0.2) is 4.98 Å². The van der Waals surface area contributed by atoms with E-state index < -0.39 is 0 Å². The number of nitrogens with zero attached hydrogens (tertiary/aromatic N) is 1. The van der Waals surface area contributed by atoms with Crippen LogP contribution in [0.2, 0.25) is 0 Å². The number of carbonyl (C=O) groups excluding carboxylic acids is 2. The van der Waals surface area contributed by atoms with Gasteiger partial charge in [-0.3, -0.25) is 9.59 Å². The van der Waals surface area contributed by atoms with Crippen molar-refractivity contribution in [1.82, 2.24) is 10.3 Å². The molecule has 0 saturated carbocycles. The van der Waals surface area contributed by atoms with Crippen molar-refractivity contribution in [2.24, 2.45) is 5.73 Å². The van der Waals surface area contributed by atoms with Crippen molar-refractivity contribution in [3.63, 3.8) is 0 Å². The summed E-state index contributed by atoms with van der Waals surface area (Å²) >= 11 is 3.08. The van der Waals surface area contributed by atoms with E-state index in [1.54, 1.807) is 11.3 Å². The Morgan fingerprint density at radius 1 is 1.23 bits per heavy atom. The van der Waals surface area contributed by atoms with Gasteiger partial charge in [-0.2, -0.15) is 0 Å². The highest BCUT2D eigenvalue weighted by Crippen LogP contribution is 2.34. The highest BCUT2D eigenvalue weighted by atomic mass is 35.5. The Kier molecular flexibility index (Phi) is 6.95. The van der Waals surface area contributed by atoms with Gasteiger partial charge < -0.3 is 16.4 Å². The van der Waals surface area contributed by atoms with E-state index in [1.807, 2.05) is 26.0 Å². The van der Waals surface area contributed by atoms with Gasteiger partial charge in [0.1, 0.15) is 0 Å². The third kappa shape index (κ3) is 4.77. The Bertz CT molecular complexity index is 669. The van der Waals surface area contributed by atoms with Crippen LogP contribution in [0.15, 0.2) is 12.1 Å². The van der Waals surface area contributed by atoms with Crippen LogP contribution in [0.1, 0.15) is 9.75 Å². The maximum atomic E-state index is 11.7. The van der Waals surface area contributed by atoms with Gasteiger partial charge >= 0.3 is 0 Å². The first-order valence-electron chi connectivity index (χ1n) is 6.30. The molecule has 0 aromatic carbocycles. The van der Waals surface area contributed by atoms with Gasteiger partial charge in [0.05, 0.1) is 23.7 Å². The van der Waals surface area contributed by atoms with Gasteiger partial charge in [0.2, 0.25) is 11.8 Å². The van der Waals surface area contributed by atoms with Crippen LogP contribution in [0.5, 0.6) is 0 Å². The normalized spacial score (nSPS) is 9.95. The van der Waals surface area contributed by atoms with Crippen LogP contribution in [0, 0.1) is 13.8 Å². The lowest BCUT2D eigenvalue weighted by Gasteiger charge is -2.02. The predicted octanol–water partition coefficient (Wildman–Crippen LogP) is 1.92. The first kappa shape index (κ1) is 18.6. The summed E-state index contributed by atoms with van der Waals surface area (Å²) in [6.07, 6.45) is 0. The molecule has 6 nitrogen and oxygen atoms in total. The number of thiophene rings is 1. The summed E-state index contributed by atoms with van der Waals surface area (Å²) in [4.78, 5) is 30.5. The number of amides is 2. The molecular weight excluding hydrogens is 344 g/mol. The molecule has 120 valence electrons. The van der Waals surface area contributed by atoms with Gasteiger partial charge in [-0.15, -0.1) is 35.1 Å². The average Bonchev–Trinajstić information content (AvgIpc) is 3.02. The third-order valence-electron chi connectivity index (χ3n) is 2.65. The van der Waals surface area contributed by atoms with E-state index >= 15 is 0 Å². The van der Waals surface area contributed by atoms with Crippen LogP contribution in [-0.2, 0) is 9.59 Å². The zero-order valence-electron chi connectivity index (χ0n) is 12.1. The summed E-state index contributed by atoms with van der Waals surface area (Å²) in [5.41, 5.74) is 6.04. The second kappa shape index (κ2) is 8.23. The number of hydrogen-bond acceptors (Lipinski definition) is 6. The Morgan fingerprint density at radius 2 is 1.95 bits per heavy atom. The van der Waals surface area contributed by atoms with E-state index in [1.165, 1.54) is 16.2 Å². The van der Waals surface area contributed by atoms with Crippen molar-refractivity contribution in [2.45, 2.75) is 13.8 Å². The van der Waals surface area contributed by atoms with Crippen LogP contribution in [-0.4, -0.2) is 29.9 Å². The molecule has 22 heavy (non-hydrogen) atoms. The second-order valence-electron chi connectivity index (χ2n) is 4.36. The van der Waals surface area contributed by atoms with Crippen LogP contribution in [0.4, 0.5) is 5.13 Å². The minimum absolute atomic E-state index is 0. The molecule has 2 rings (SSSR count). The molecule has 2 heterocycles. The highest BCUT2D eigenvalue weighted by molar-refractivity contribution is 7.18. The molecule has 0 saturated heterocycles. The molecule has 0 fully saturated rings. The summed E-state index contributed by atoms with van der Waals surface area (Å²) < 4.78 is 0. The van der Waals surface area contributed by atoms with Gasteiger partial charge in [0.25, 0.3) is 0 Å². The molecule has 0 atom stereocenters. The van der Waals surface area contributed by atoms with Crippen molar-refractivity contribution in [2.75, 3.05) is 18.4 Å². The number of nitrogens with two attached hydrogens (primary N) is 1. The number of aryl methyl sites for hydroxylation is 2. The number of hydrogen-bond donors (Lipinski definition) is 3. The molecule has 0 aliphatic heterocycles. The molecular formula is C13H17ClN4O2S2. The SMILES string of the molecule is Cc1ccc(-c2nc(NC(=O)CNC(=O)CN)sc2C)s1.Cl. The fourth-order valence-corrected chi connectivity index (χ4v) is 3.48. The number of rotatable bonds is 5. The minimum Gasteiger partial charge on any atom is -0.346 e. The van der Waals surface area contributed by atoms with Crippen molar-refractivity contribution >= 4 is 52.0 Å². The van der Waals surface area contributed by atoms with Crippen LogP contribution in [0.25, 0.3) is 10.6 Å². The van der Waals surface area contributed by atoms with E-state index in [0.29, 0.717) is 5.13 Å². The number of carbonyl (C=O) groups is 2. The molecule has 4 N–H and O–H groups in total. The van der Waals surface area contributed by atoms with Gasteiger partial charge in [-0.05, 0) is 26.0 Å².